The smallest absolute Gasteiger partial charge is 0.138 e. The lowest BCUT2D eigenvalue weighted by molar-refractivity contribution is 0.691. The van der Waals surface area contributed by atoms with Crippen LogP contribution in [0.3, 0.4) is 0 Å². The summed E-state index contributed by atoms with van der Waals surface area (Å²) >= 11 is 0. The Labute approximate surface area is 190 Å². The molecule has 32 heavy (non-hydrogen) atoms. The lowest BCUT2D eigenvalue weighted by Crippen LogP contribution is -2.34. The molecule has 1 aliphatic rings. The minimum atomic E-state index is 0.0161. The Morgan fingerprint density at radius 3 is 1.84 bits per heavy atom. The van der Waals surface area contributed by atoms with Crippen molar-refractivity contribution in [3.8, 4) is 0 Å². The fourth-order valence-electron chi connectivity index (χ4n) is 5.00. The van der Waals surface area contributed by atoms with Gasteiger partial charge in [0.2, 0.25) is 0 Å². The molecule has 3 aromatic carbocycles. The first kappa shape index (κ1) is 20.2. The van der Waals surface area contributed by atoms with Gasteiger partial charge in [-0.25, -0.2) is 0 Å². The van der Waals surface area contributed by atoms with Crippen molar-refractivity contribution < 1.29 is 0 Å². The monoisotopic (exact) mass is 419 g/mol. The van der Waals surface area contributed by atoms with Crippen LogP contribution in [0.5, 0.6) is 0 Å². The number of nitrogens with zero attached hydrogens (tertiary/aromatic N) is 3. The number of rotatable bonds is 4. The molecule has 0 radical (unpaired) electrons. The van der Waals surface area contributed by atoms with Crippen LogP contribution < -0.4 is 9.80 Å². The fourth-order valence-corrected chi connectivity index (χ4v) is 5.00. The summed E-state index contributed by atoms with van der Waals surface area (Å²) in [7, 11) is 2.12. The largest absolute Gasteiger partial charge is 0.337 e. The van der Waals surface area contributed by atoms with Crippen molar-refractivity contribution in [2.45, 2.75) is 26.9 Å². The van der Waals surface area contributed by atoms with E-state index in [1.807, 2.05) is 0 Å². The molecule has 0 saturated heterocycles. The van der Waals surface area contributed by atoms with Crippen molar-refractivity contribution in [3.05, 3.63) is 125 Å². The molecular formula is C29H29N3. The Bertz CT molecular complexity index is 1250. The number of hydrogen-bond donors (Lipinski definition) is 0. The number of anilines is 2. The Morgan fingerprint density at radius 1 is 0.625 bits per heavy atom. The second kappa shape index (κ2) is 8.08. The SMILES string of the molecule is CC1=C(c2ccccc2)N(c2ccccc2)C(c2c(C)cccc2C)N1c1cccn1C. The number of hydrogen-bond acceptors (Lipinski definition) is 2. The normalized spacial score (nSPS) is 16.2. The molecule has 0 aliphatic carbocycles. The first-order valence-corrected chi connectivity index (χ1v) is 11.1. The van der Waals surface area contributed by atoms with Crippen molar-refractivity contribution in [2.24, 2.45) is 7.05 Å². The predicted octanol–water partition coefficient (Wildman–Crippen LogP) is 7.06. The van der Waals surface area contributed by atoms with Crippen LogP contribution in [-0.4, -0.2) is 4.57 Å². The summed E-state index contributed by atoms with van der Waals surface area (Å²) in [6.45, 7) is 6.70. The third-order valence-corrected chi connectivity index (χ3v) is 6.48. The fraction of sp³-hybridized carbons (Fsp3) is 0.172. The van der Waals surface area contributed by atoms with E-state index in [1.165, 1.54) is 45.2 Å². The van der Waals surface area contributed by atoms with Gasteiger partial charge in [-0.2, -0.15) is 0 Å². The van der Waals surface area contributed by atoms with E-state index in [1.54, 1.807) is 0 Å². The van der Waals surface area contributed by atoms with Gasteiger partial charge < -0.3 is 14.4 Å². The van der Waals surface area contributed by atoms with Gasteiger partial charge in [0.25, 0.3) is 0 Å². The molecule has 3 heteroatoms. The zero-order valence-electron chi connectivity index (χ0n) is 19.2. The van der Waals surface area contributed by atoms with Crippen LogP contribution in [0.1, 0.15) is 35.3 Å². The minimum absolute atomic E-state index is 0.0161. The van der Waals surface area contributed by atoms with Crippen molar-refractivity contribution in [2.75, 3.05) is 9.80 Å². The van der Waals surface area contributed by atoms with Crippen molar-refractivity contribution in [3.63, 3.8) is 0 Å². The minimum Gasteiger partial charge on any atom is -0.337 e. The van der Waals surface area contributed by atoms with Gasteiger partial charge in [0.1, 0.15) is 12.0 Å². The summed E-state index contributed by atoms with van der Waals surface area (Å²) in [5.74, 6) is 1.18. The molecule has 0 bridgehead atoms. The van der Waals surface area contributed by atoms with E-state index < -0.39 is 0 Å². The average Bonchev–Trinajstić information content (AvgIpc) is 3.35. The molecule has 0 spiro atoms. The van der Waals surface area contributed by atoms with Crippen molar-refractivity contribution in [1.29, 1.82) is 0 Å². The predicted molar refractivity (Wildman–Crippen MR) is 135 cm³/mol. The maximum atomic E-state index is 2.51. The van der Waals surface area contributed by atoms with Crippen LogP contribution in [0.4, 0.5) is 11.5 Å². The Kier molecular flexibility index (Phi) is 5.10. The Morgan fingerprint density at radius 2 is 1.25 bits per heavy atom. The summed E-state index contributed by atoms with van der Waals surface area (Å²) in [4.78, 5) is 5.00. The highest BCUT2D eigenvalue weighted by molar-refractivity contribution is 5.89. The second-order valence-electron chi connectivity index (χ2n) is 8.53. The lowest BCUT2D eigenvalue weighted by atomic mass is 9.98. The van der Waals surface area contributed by atoms with Crippen LogP contribution in [0.2, 0.25) is 0 Å². The third-order valence-electron chi connectivity index (χ3n) is 6.48. The van der Waals surface area contributed by atoms with Gasteiger partial charge in [-0.15, -0.1) is 0 Å². The first-order valence-electron chi connectivity index (χ1n) is 11.1. The molecule has 4 aromatic rings. The van der Waals surface area contributed by atoms with E-state index in [-0.39, 0.29) is 6.17 Å². The van der Waals surface area contributed by atoms with Crippen LogP contribution in [0, 0.1) is 13.8 Å². The Balaban J connectivity index is 1.83. The standard InChI is InChI=1S/C29H29N3/c1-21-13-11-14-22(2)27(21)29-31(26-19-12-20-30(26)4)23(3)28(24-15-7-5-8-16-24)32(29)25-17-9-6-10-18-25/h5-20,29H,1-4H3. The van der Waals surface area contributed by atoms with Gasteiger partial charge in [0.15, 0.2) is 0 Å². The summed E-state index contributed by atoms with van der Waals surface area (Å²) in [5, 5.41) is 0. The number of para-hydroxylation sites is 1. The molecule has 0 amide bonds. The van der Waals surface area contributed by atoms with Gasteiger partial charge in [0.05, 0.1) is 5.70 Å². The summed E-state index contributed by atoms with van der Waals surface area (Å²) in [5.41, 5.74) is 8.86. The van der Waals surface area contributed by atoms with Gasteiger partial charge in [-0.05, 0) is 61.7 Å². The molecule has 0 N–H and O–H groups in total. The van der Waals surface area contributed by atoms with Crippen LogP contribution >= 0.6 is 0 Å². The van der Waals surface area contributed by atoms with E-state index in [2.05, 4.69) is 139 Å². The second-order valence-corrected chi connectivity index (χ2v) is 8.53. The van der Waals surface area contributed by atoms with Crippen LogP contribution in [0.15, 0.2) is 103 Å². The van der Waals surface area contributed by atoms with E-state index >= 15 is 0 Å². The van der Waals surface area contributed by atoms with Crippen molar-refractivity contribution in [1.82, 2.24) is 4.57 Å². The van der Waals surface area contributed by atoms with Gasteiger partial charge in [-0.1, -0.05) is 66.7 Å². The highest BCUT2D eigenvalue weighted by Crippen LogP contribution is 2.49. The summed E-state index contributed by atoms with van der Waals surface area (Å²) < 4.78 is 2.21. The number of aromatic nitrogens is 1. The quantitative estimate of drug-likeness (QED) is 0.351. The summed E-state index contributed by atoms with van der Waals surface area (Å²) in [6, 6.07) is 32.5. The number of aryl methyl sites for hydroxylation is 3. The van der Waals surface area contributed by atoms with Gasteiger partial charge in [0, 0.05) is 30.2 Å². The van der Waals surface area contributed by atoms with E-state index in [9.17, 15) is 0 Å². The lowest BCUT2D eigenvalue weighted by Gasteiger charge is -2.37. The first-order chi connectivity index (χ1) is 15.6. The molecule has 1 aromatic heterocycles. The summed E-state index contributed by atoms with van der Waals surface area (Å²) in [6.07, 6.45) is 2.14. The van der Waals surface area contributed by atoms with E-state index in [0.717, 1.165) is 0 Å². The Hall–Kier alpha value is -3.72. The van der Waals surface area contributed by atoms with Gasteiger partial charge >= 0.3 is 0 Å². The molecule has 0 fully saturated rings. The average molecular weight is 420 g/mol. The zero-order valence-corrected chi connectivity index (χ0v) is 19.2. The van der Waals surface area contributed by atoms with Crippen LogP contribution in [-0.2, 0) is 7.05 Å². The van der Waals surface area contributed by atoms with Crippen LogP contribution in [0.25, 0.3) is 5.70 Å². The molecule has 3 nitrogen and oxygen atoms in total. The zero-order chi connectivity index (χ0) is 22.2. The molecule has 5 rings (SSSR count). The molecule has 0 saturated carbocycles. The molecule has 1 unspecified atom stereocenters. The molecule has 1 aliphatic heterocycles. The topological polar surface area (TPSA) is 11.4 Å². The maximum Gasteiger partial charge on any atom is 0.138 e. The molecule has 1 atom stereocenters. The highest BCUT2D eigenvalue weighted by Gasteiger charge is 2.41. The maximum absolute atomic E-state index is 2.51. The number of allylic oxidation sites excluding steroid dienone is 1. The molecule has 2 heterocycles. The molecule has 160 valence electrons. The van der Waals surface area contributed by atoms with E-state index in [4.69, 9.17) is 0 Å². The highest BCUT2D eigenvalue weighted by atomic mass is 15.4. The van der Waals surface area contributed by atoms with Crippen molar-refractivity contribution >= 4 is 17.2 Å². The molecular weight excluding hydrogens is 390 g/mol. The van der Waals surface area contributed by atoms with E-state index in [0.29, 0.717) is 0 Å². The van der Waals surface area contributed by atoms with Gasteiger partial charge in [-0.3, -0.25) is 0 Å². The third kappa shape index (κ3) is 3.21. The number of benzene rings is 3.